The third kappa shape index (κ3) is 1.51. The van der Waals surface area contributed by atoms with Crippen LogP contribution in [0.1, 0.15) is 26.8 Å². The third-order valence-corrected chi connectivity index (χ3v) is 3.05. The van der Waals surface area contributed by atoms with E-state index in [-0.39, 0.29) is 5.78 Å². The summed E-state index contributed by atoms with van der Waals surface area (Å²) in [6.07, 6.45) is 0. The lowest BCUT2D eigenvalue weighted by atomic mass is 10.2. The van der Waals surface area contributed by atoms with Crippen molar-refractivity contribution in [2.24, 2.45) is 0 Å². The highest BCUT2D eigenvalue weighted by molar-refractivity contribution is 7.12. The summed E-state index contributed by atoms with van der Waals surface area (Å²) < 4.78 is 5.28. The number of furan rings is 1. The smallest absolute Gasteiger partial charge is 0.238 e. The maximum Gasteiger partial charge on any atom is 0.238 e. The molecule has 0 aliphatic rings. The molecule has 14 heavy (non-hydrogen) atoms. The van der Waals surface area contributed by atoms with Gasteiger partial charge in [0, 0.05) is 0 Å². The van der Waals surface area contributed by atoms with Crippen molar-refractivity contribution in [3.8, 4) is 0 Å². The van der Waals surface area contributed by atoms with Crippen molar-refractivity contribution in [1.82, 2.24) is 0 Å². The highest BCUT2D eigenvalue weighted by Crippen LogP contribution is 2.20. The predicted molar refractivity (Wildman–Crippen MR) is 55.9 cm³/mol. The molecule has 0 radical (unpaired) electrons. The number of carbonyl (C=O) groups is 1. The third-order valence-electron chi connectivity index (χ3n) is 2.03. The van der Waals surface area contributed by atoms with E-state index in [1.807, 2.05) is 25.3 Å². The minimum atomic E-state index is -0.0226. The van der Waals surface area contributed by atoms with Gasteiger partial charge in [-0.3, -0.25) is 4.79 Å². The van der Waals surface area contributed by atoms with Gasteiger partial charge in [0.05, 0.1) is 4.88 Å². The monoisotopic (exact) mass is 206 g/mol. The number of hydrogen-bond acceptors (Lipinski definition) is 3. The van der Waals surface area contributed by atoms with Crippen LogP contribution in [0.4, 0.5) is 0 Å². The second-order valence-electron chi connectivity index (χ2n) is 3.17. The lowest BCUT2D eigenvalue weighted by Gasteiger charge is -1.94. The first-order valence-corrected chi connectivity index (χ1v) is 5.21. The summed E-state index contributed by atoms with van der Waals surface area (Å²) in [6.45, 7) is 3.76. The first kappa shape index (κ1) is 9.21. The Morgan fingerprint density at radius 1 is 1.29 bits per heavy atom. The lowest BCUT2D eigenvalue weighted by molar-refractivity contribution is 0.101. The van der Waals surface area contributed by atoms with Gasteiger partial charge in [-0.2, -0.15) is 0 Å². The normalized spacial score (nSPS) is 10.4. The Morgan fingerprint density at radius 2 is 2.07 bits per heavy atom. The van der Waals surface area contributed by atoms with Crippen molar-refractivity contribution >= 4 is 17.1 Å². The van der Waals surface area contributed by atoms with Crippen LogP contribution < -0.4 is 0 Å². The molecule has 0 atom stereocenters. The van der Waals surface area contributed by atoms with Gasteiger partial charge >= 0.3 is 0 Å². The molecule has 2 heterocycles. The maximum atomic E-state index is 11.9. The Kier molecular flexibility index (Phi) is 2.25. The molecule has 0 aliphatic carbocycles. The van der Waals surface area contributed by atoms with Gasteiger partial charge in [0.1, 0.15) is 5.76 Å². The number of aryl methyl sites for hydroxylation is 2. The van der Waals surface area contributed by atoms with Crippen LogP contribution in [-0.4, -0.2) is 5.78 Å². The van der Waals surface area contributed by atoms with Crippen molar-refractivity contribution in [3.05, 3.63) is 45.5 Å². The van der Waals surface area contributed by atoms with E-state index in [2.05, 4.69) is 0 Å². The fourth-order valence-corrected chi connectivity index (χ4v) is 2.14. The number of hydrogen-bond donors (Lipinski definition) is 0. The molecule has 0 aliphatic heterocycles. The molecular formula is C11H10O2S. The molecule has 0 amide bonds. The van der Waals surface area contributed by atoms with Gasteiger partial charge < -0.3 is 4.42 Å². The van der Waals surface area contributed by atoms with Gasteiger partial charge in [0.15, 0.2) is 5.76 Å². The molecule has 2 aromatic heterocycles. The van der Waals surface area contributed by atoms with Crippen molar-refractivity contribution in [2.45, 2.75) is 13.8 Å². The SMILES string of the molecule is Cc1ccc(C(=O)c2sccc2C)o1. The molecule has 0 unspecified atom stereocenters. The van der Waals surface area contributed by atoms with E-state index in [0.717, 1.165) is 16.2 Å². The van der Waals surface area contributed by atoms with E-state index in [4.69, 9.17) is 4.42 Å². The molecule has 2 rings (SSSR count). The van der Waals surface area contributed by atoms with Crippen molar-refractivity contribution < 1.29 is 9.21 Å². The fourth-order valence-electron chi connectivity index (χ4n) is 1.27. The summed E-state index contributed by atoms with van der Waals surface area (Å²) in [4.78, 5) is 12.6. The molecule has 2 aromatic rings. The molecular weight excluding hydrogens is 196 g/mol. The average molecular weight is 206 g/mol. The maximum absolute atomic E-state index is 11.9. The summed E-state index contributed by atoms with van der Waals surface area (Å²) in [5, 5.41) is 1.92. The first-order valence-electron chi connectivity index (χ1n) is 4.33. The number of carbonyl (C=O) groups excluding carboxylic acids is 1. The molecule has 0 spiro atoms. The van der Waals surface area contributed by atoms with Gasteiger partial charge in [0.2, 0.25) is 5.78 Å². The van der Waals surface area contributed by atoms with E-state index in [1.54, 1.807) is 12.1 Å². The van der Waals surface area contributed by atoms with E-state index >= 15 is 0 Å². The standard InChI is InChI=1S/C11H10O2S/c1-7-5-6-14-11(7)10(12)9-4-3-8(2)13-9/h3-6H,1-2H3. The highest BCUT2D eigenvalue weighted by atomic mass is 32.1. The van der Waals surface area contributed by atoms with Gasteiger partial charge in [-0.15, -0.1) is 11.3 Å². The van der Waals surface area contributed by atoms with Crippen LogP contribution >= 0.6 is 11.3 Å². The average Bonchev–Trinajstić information content (AvgIpc) is 2.73. The quantitative estimate of drug-likeness (QED) is 0.706. The van der Waals surface area contributed by atoms with E-state index in [9.17, 15) is 4.79 Å². The van der Waals surface area contributed by atoms with Crippen molar-refractivity contribution in [3.63, 3.8) is 0 Å². The minimum absolute atomic E-state index is 0.0226. The van der Waals surface area contributed by atoms with Crippen molar-refractivity contribution in [1.29, 1.82) is 0 Å². The molecule has 0 saturated carbocycles. The van der Waals surface area contributed by atoms with Crippen LogP contribution in [-0.2, 0) is 0 Å². The van der Waals surface area contributed by atoms with Crippen molar-refractivity contribution in [2.75, 3.05) is 0 Å². The van der Waals surface area contributed by atoms with Crippen LogP contribution in [0.25, 0.3) is 0 Å². The number of thiophene rings is 1. The lowest BCUT2D eigenvalue weighted by Crippen LogP contribution is -1.97. The zero-order valence-electron chi connectivity index (χ0n) is 8.03. The van der Waals surface area contributed by atoms with E-state index in [0.29, 0.717) is 5.76 Å². The Labute approximate surface area is 86.2 Å². The van der Waals surface area contributed by atoms with Gasteiger partial charge in [-0.1, -0.05) is 0 Å². The first-order chi connectivity index (χ1) is 6.68. The van der Waals surface area contributed by atoms with Crippen LogP contribution in [0.15, 0.2) is 28.0 Å². The summed E-state index contributed by atoms with van der Waals surface area (Å²) in [5.74, 6) is 1.17. The van der Waals surface area contributed by atoms with Crippen LogP contribution in [0, 0.1) is 13.8 Å². The molecule has 0 saturated heterocycles. The van der Waals surface area contributed by atoms with Crippen LogP contribution in [0.5, 0.6) is 0 Å². The van der Waals surface area contributed by atoms with Crippen LogP contribution in [0.3, 0.4) is 0 Å². The summed E-state index contributed by atoms with van der Waals surface area (Å²) in [5.41, 5.74) is 1.01. The number of rotatable bonds is 2. The molecule has 0 aromatic carbocycles. The van der Waals surface area contributed by atoms with Gasteiger partial charge in [0.25, 0.3) is 0 Å². The second-order valence-corrected chi connectivity index (χ2v) is 4.09. The largest absolute Gasteiger partial charge is 0.458 e. The molecule has 0 fully saturated rings. The Hall–Kier alpha value is -1.35. The van der Waals surface area contributed by atoms with Crippen LogP contribution in [0.2, 0.25) is 0 Å². The van der Waals surface area contributed by atoms with Gasteiger partial charge in [-0.25, -0.2) is 0 Å². The molecule has 2 nitrogen and oxygen atoms in total. The Morgan fingerprint density at radius 3 is 2.57 bits per heavy atom. The zero-order valence-corrected chi connectivity index (χ0v) is 8.85. The van der Waals surface area contributed by atoms with E-state index < -0.39 is 0 Å². The molecule has 0 N–H and O–H groups in total. The molecule has 3 heteroatoms. The fraction of sp³-hybridized carbons (Fsp3) is 0.182. The van der Waals surface area contributed by atoms with Gasteiger partial charge in [-0.05, 0) is 43.0 Å². The summed E-state index contributed by atoms with van der Waals surface area (Å²) in [6, 6.07) is 5.46. The second kappa shape index (κ2) is 3.42. The highest BCUT2D eigenvalue weighted by Gasteiger charge is 2.15. The zero-order chi connectivity index (χ0) is 10.1. The number of ketones is 1. The summed E-state index contributed by atoms with van der Waals surface area (Å²) >= 11 is 1.45. The Balaban J connectivity index is 2.38. The summed E-state index contributed by atoms with van der Waals surface area (Å²) in [7, 11) is 0. The Bertz CT molecular complexity index is 465. The topological polar surface area (TPSA) is 30.2 Å². The predicted octanol–water partition coefficient (Wildman–Crippen LogP) is 3.19. The minimum Gasteiger partial charge on any atom is -0.458 e. The molecule has 0 bridgehead atoms. The molecule has 72 valence electrons. The van der Waals surface area contributed by atoms with E-state index in [1.165, 1.54) is 11.3 Å².